The molecule has 2 radical (unpaired) electrons. The molecule has 0 aliphatic heterocycles. The van der Waals surface area contributed by atoms with Crippen molar-refractivity contribution in [1.82, 2.24) is 0 Å². The molecule has 0 bridgehead atoms. The quantitative estimate of drug-likeness (QED) is 0.0793. The molecule has 0 aliphatic rings. The molecule has 0 atom stereocenters. The fourth-order valence-corrected chi connectivity index (χ4v) is 41.6. The van der Waals surface area contributed by atoms with E-state index >= 15 is 0 Å². The summed E-state index contributed by atoms with van der Waals surface area (Å²) in [6, 6.07) is 21.1. The fourth-order valence-electron chi connectivity index (χ4n) is 9.40. The first-order valence-electron chi connectivity index (χ1n) is 29.8. The molecule has 0 spiro atoms. The molecule has 8 nitrogen and oxygen atoms in total. The first-order valence-corrected chi connectivity index (χ1v) is 57.4. The van der Waals surface area contributed by atoms with Gasteiger partial charge in [-0.1, -0.05) is 365 Å². The van der Waals surface area contributed by atoms with Gasteiger partial charge in [0.2, 0.25) is 0 Å². The van der Waals surface area contributed by atoms with E-state index < -0.39 is 65.9 Å². The third-order valence-electron chi connectivity index (χ3n) is 10.2. The van der Waals surface area contributed by atoms with E-state index in [4.69, 9.17) is 39.2 Å². The molecule has 0 fully saturated rings. The van der Waals surface area contributed by atoms with Gasteiger partial charge < -0.3 is 29.2 Å². The Hall–Kier alpha value is 0.356. The topological polar surface area (TPSA) is 109 Å². The van der Waals surface area contributed by atoms with Crippen LogP contribution in [-0.2, 0) is 0 Å². The first kappa shape index (κ1) is 88.8. The molecule has 0 unspecified atom stereocenters. The number of nitrogens with zero attached hydrogens (tertiary/aromatic N) is 8. The fraction of sp³-hybridized carbons (Fsp3) is 0.625. The van der Waals surface area contributed by atoms with Crippen LogP contribution >= 0.6 is 0 Å². The van der Waals surface area contributed by atoms with E-state index in [1.807, 2.05) is 52.0 Å². The second-order valence-corrected chi connectivity index (χ2v) is 69.1. The Kier molecular flexibility index (Phi) is 42.0. The molecule has 0 saturated carbocycles. The molecule has 3 rings (SSSR count). The van der Waals surface area contributed by atoms with E-state index in [0.717, 1.165) is 45.6 Å². The van der Waals surface area contributed by atoms with Gasteiger partial charge in [0.1, 0.15) is 0 Å². The summed E-state index contributed by atoms with van der Waals surface area (Å²) in [6.07, 6.45) is 4.10. The Morgan fingerprint density at radius 2 is 0.488 bits per heavy atom. The van der Waals surface area contributed by atoms with E-state index in [0.29, 0.717) is 23.7 Å². The third-order valence-corrected chi connectivity index (χ3v) is 31.7. The monoisotopic (exact) mass is 1510 g/mol. The van der Waals surface area contributed by atoms with Crippen LogP contribution in [0.5, 0.6) is 0 Å². The van der Waals surface area contributed by atoms with Crippen molar-refractivity contribution in [2.45, 2.75) is 264 Å². The van der Waals surface area contributed by atoms with Gasteiger partial charge in [0.25, 0.3) is 0 Å². The summed E-state index contributed by atoms with van der Waals surface area (Å²) in [6.45, 7) is 81.1. The maximum absolute atomic E-state index is 5.06. The van der Waals surface area contributed by atoms with Gasteiger partial charge in [0.05, 0.1) is 11.4 Å². The first-order chi connectivity index (χ1) is 35.6. The zero-order chi connectivity index (χ0) is 63.4. The number of aliphatic imine (C=N–C) groups is 2. The Labute approximate surface area is 584 Å². The summed E-state index contributed by atoms with van der Waals surface area (Å²) in [5.41, 5.74) is 12.8. The van der Waals surface area contributed by atoms with Gasteiger partial charge in [0.15, 0.2) is 0 Å². The van der Waals surface area contributed by atoms with Crippen LogP contribution < -0.4 is 0 Å². The van der Waals surface area contributed by atoms with E-state index in [2.05, 4.69) is 261 Å². The Balaban J connectivity index is -0.000000643. The standard InChI is InChI=1S/C40H52N4.4C6H18NSi2.2Nd/c1-25(2)35-15-13-16-36(26(3)4)39(35)43-31(11)23-29(9)41-33-19-21-34(22-20-33)42-30(10)24-32(12)44-40-37(27(5)6)17-14-18-38(40)28(7)8;4*1-8(2,3)7-9(4,5)6;;/h13-28H,1-12H3;4*1-6H3;;/q-2;4*-1;2*+3/b29-23+,30-24+,43-31?,44-32?;;;;;;. The van der Waals surface area contributed by atoms with Gasteiger partial charge in [-0.2, -0.15) is 11.4 Å². The van der Waals surface area contributed by atoms with E-state index in [-0.39, 0.29) is 81.7 Å². The van der Waals surface area contributed by atoms with Gasteiger partial charge >= 0.3 is 81.7 Å². The van der Waals surface area contributed by atoms with Crippen LogP contribution in [0.25, 0.3) is 29.2 Å². The zero-order valence-electron chi connectivity index (χ0n) is 59.8. The van der Waals surface area contributed by atoms with Crippen molar-refractivity contribution in [3.63, 3.8) is 0 Å². The van der Waals surface area contributed by atoms with Crippen LogP contribution in [0.2, 0.25) is 157 Å². The molecule has 3 aromatic carbocycles. The van der Waals surface area contributed by atoms with Gasteiger partial charge in [-0.25, -0.2) is 0 Å². The number of rotatable bonds is 20. The summed E-state index contributed by atoms with van der Waals surface area (Å²) in [5.74, 6) is 1.64. The Morgan fingerprint density at radius 1 is 0.317 bits per heavy atom. The van der Waals surface area contributed by atoms with Crippen molar-refractivity contribution in [1.29, 1.82) is 0 Å². The van der Waals surface area contributed by atoms with Gasteiger partial charge in [-0.05, 0) is 59.8 Å². The Morgan fingerprint density at radius 3 is 0.622 bits per heavy atom. The van der Waals surface area contributed by atoms with Crippen molar-refractivity contribution in [3.8, 4) is 0 Å². The number of hydrogen-bond acceptors (Lipinski definition) is 2. The largest absolute Gasteiger partial charge is 3.00 e. The second-order valence-electron chi connectivity index (χ2n) is 30.8. The molecule has 0 N–H and O–H groups in total. The van der Waals surface area contributed by atoms with Crippen molar-refractivity contribution < 1.29 is 81.7 Å². The van der Waals surface area contributed by atoms with Crippen LogP contribution in [0.1, 0.15) is 129 Å². The van der Waals surface area contributed by atoms with Crippen molar-refractivity contribution >= 4 is 100 Å². The normalized spacial score (nSPS) is 13.4. The summed E-state index contributed by atoms with van der Waals surface area (Å²) in [4.78, 5) is 10.1. The van der Waals surface area contributed by atoms with E-state index in [9.17, 15) is 0 Å². The molecule has 18 heteroatoms. The smallest absolute Gasteiger partial charge is 0.668 e. The molecular weight excluding hydrogens is 1390 g/mol. The van der Waals surface area contributed by atoms with Gasteiger partial charge in [0, 0.05) is 11.4 Å². The Bertz CT molecular complexity index is 2100. The average Bonchev–Trinajstić information content (AvgIpc) is 3.16. The van der Waals surface area contributed by atoms with E-state index in [1.54, 1.807) is 0 Å². The maximum Gasteiger partial charge on any atom is 3.00 e. The maximum atomic E-state index is 5.06. The van der Waals surface area contributed by atoms with E-state index in [1.165, 1.54) is 22.3 Å². The molecule has 0 heterocycles. The molecule has 0 saturated heterocycles. The average molecular weight is 1520 g/mol. The van der Waals surface area contributed by atoms with Crippen LogP contribution in [0.15, 0.2) is 94.2 Å². The van der Waals surface area contributed by atoms with Crippen LogP contribution in [0.3, 0.4) is 0 Å². The van der Waals surface area contributed by atoms with Crippen LogP contribution in [-0.4, -0.2) is 77.3 Å². The summed E-state index contributed by atoms with van der Waals surface area (Å²) < 4.78 is 19.3. The molecule has 82 heavy (non-hydrogen) atoms. The molecule has 3 aromatic rings. The number of hydrogen-bond donors (Lipinski definition) is 0. The SMILES string of the molecule is CC(/C=C(\C)[N-]c1ccc([N-]/C(C)=C/C(C)=Nc2c(C(C)C)cccc2C(C)C)cc1)=Nc1c(C(C)C)cccc1C(C)C.C[Si](C)(C)[N-][Si](C)(C)C.C[Si](C)(C)[N-][Si](C)(C)C.C[Si](C)(C)[N-][Si](C)(C)C.C[Si](C)(C)[N-][Si](C)(C)C.[Nd+3].[Nd+3]. The predicted octanol–water partition coefficient (Wildman–Crippen LogP) is 25.7. The summed E-state index contributed by atoms with van der Waals surface area (Å²) in [5, 5.41) is 9.64. The van der Waals surface area contributed by atoms with Crippen molar-refractivity contribution in [2.24, 2.45) is 9.98 Å². The third kappa shape index (κ3) is 48.3. The summed E-state index contributed by atoms with van der Waals surface area (Å²) >= 11 is 0. The minimum atomic E-state index is -1.11. The second kappa shape index (κ2) is 38.8. The number of allylic oxidation sites excluding steroid dienone is 4. The van der Waals surface area contributed by atoms with Crippen molar-refractivity contribution in [3.05, 3.63) is 136 Å². The summed E-state index contributed by atoms with van der Waals surface area (Å²) in [7, 11) is -8.85. The number of benzene rings is 3. The molecule has 0 amide bonds. The molecular formula is C64H124N8Nd2Si8. The van der Waals surface area contributed by atoms with Gasteiger partial charge in [-0.3, -0.25) is 9.98 Å². The molecule has 460 valence electrons. The predicted molar refractivity (Wildman–Crippen MR) is 395 cm³/mol. The van der Waals surface area contributed by atoms with Crippen molar-refractivity contribution in [2.75, 3.05) is 0 Å². The van der Waals surface area contributed by atoms with Crippen LogP contribution in [0, 0.1) is 81.7 Å². The molecule has 0 aliphatic carbocycles. The number of para-hydroxylation sites is 2. The minimum Gasteiger partial charge on any atom is -0.668 e. The zero-order valence-corrected chi connectivity index (χ0v) is 74.2. The molecule has 0 aromatic heterocycles. The minimum absolute atomic E-state index is 0. The van der Waals surface area contributed by atoms with Gasteiger partial charge in [-0.15, -0.1) is 11.4 Å². The van der Waals surface area contributed by atoms with Crippen LogP contribution in [0.4, 0.5) is 22.7 Å².